The Labute approximate surface area is 114 Å². The fourth-order valence-corrected chi connectivity index (χ4v) is 3.84. The predicted molar refractivity (Wildman–Crippen MR) is 77.0 cm³/mol. The highest BCUT2D eigenvalue weighted by Crippen LogP contribution is 2.19. The summed E-state index contributed by atoms with van der Waals surface area (Å²) in [5.74, 6) is 2.76. The van der Waals surface area contributed by atoms with Crippen molar-refractivity contribution in [2.24, 2.45) is 0 Å². The van der Waals surface area contributed by atoms with Gasteiger partial charge in [0, 0.05) is 32.2 Å². The second-order valence-electron chi connectivity index (χ2n) is 5.28. The topological polar surface area (TPSA) is 44.4 Å². The molecule has 0 spiro atoms. The van der Waals surface area contributed by atoms with Crippen molar-refractivity contribution in [3.05, 3.63) is 0 Å². The van der Waals surface area contributed by atoms with Gasteiger partial charge in [0.1, 0.15) is 0 Å². The molecule has 0 saturated carbocycles. The molecule has 0 atom stereocenters. The fraction of sp³-hybridized carbons (Fsp3) is 0.923. The molecule has 2 heterocycles. The van der Waals surface area contributed by atoms with E-state index in [4.69, 9.17) is 0 Å². The Morgan fingerprint density at radius 2 is 1.78 bits per heavy atom. The highest BCUT2D eigenvalue weighted by molar-refractivity contribution is 7.99. The van der Waals surface area contributed by atoms with Gasteiger partial charge in [-0.25, -0.2) is 0 Å². The summed E-state index contributed by atoms with van der Waals surface area (Å²) in [6.45, 7) is 2.66. The van der Waals surface area contributed by atoms with E-state index in [-0.39, 0.29) is 5.91 Å². The number of carbonyl (C=O) groups excluding carboxylic acids is 1. The molecule has 18 heavy (non-hydrogen) atoms. The average Bonchev–Trinajstić information content (AvgIpc) is 2.42. The second kappa shape index (κ2) is 7.36. The molecule has 5 heteroatoms. The van der Waals surface area contributed by atoms with Crippen LogP contribution in [0.25, 0.3) is 0 Å². The second-order valence-corrected chi connectivity index (χ2v) is 6.50. The third-order valence-corrected chi connectivity index (χ3v) is 4.98. The van der Waals surface area contributed by atoms with Crippen LogP contribution in [0.3, 0.4) is 0 Å². The Kier molecular flexibility index (Phi) is 5.79. The van der Waals surface area contributed by atoms with Crippen LogP contribution in [0, 0.1) is 0 Å². The lowest BCUT2D eigenvalue weighted by Crippen LogP contribution is -2.48. The zero-order chi connectivity index (χ0) is 12.8. The van der Waals surface area contributed by atoms with E-state index in [0.29, 0.717) is 12.6 Å². The van der Waals surface area contributed by atoms with Gasteiger partial charge in [-0.3, -0.25) is 9.69 Å². The van der Waals surface area contributed by atoms with Crippen LogP contribution in [0.1, 0.15) is 25.7 Å². The van der Waals surface area contributed by atoms with E-state index in [0.717, 1.165) is 19.1 Å². The number of thioether (sulfide) groups is 1. The number of nitrogens with one attached hydrogen (secondary N) is 2. The number of carbonyl (C=O) groups is 1. The molecule has 104 valence electrons. The van der Waals surface area contributed by atoms with Gasteiger partial charge in [-0.05, 0) is 37.2 Å². The maximum atomic E-state index is 11.3. The Morgan fingerprint density at radius 1 is 1.17 bits per heavy atom. The first-order valence-electron chi connectivity index (χ1n) is 7.04. The molecule has 2 saturated heterocycles. The van der Waals surface area contributed by atoms with Crippen molar-refractivity contribution in [2.75, 3.05) is 38.2 Å². The average molecular weight is 271 g/mol. The lowest BCUT2D eigenvalue weighted by Gasteiger charge is -2.35. The quantitative estimate of drug-likeness (QED) is 0.789. The zero-order valence-corrected chi connectivity index (χ0v) is 12.1. The number of hydrogen-bond acceptors (Lipinski definition) is 4. The summed E-state index contributed by atoms with van der Waals surface area (Å²) < 4.78 is 0. The molecule has 2 aliphatic heterocycles. The van der Waals surface area contributed by atoms with Crippen molar-refractivity contribution in [2.45, 2.75) is 37.8 Å². The monoisotopic (exact) mass is 271 g/mol. The Morgan fingerprint density at radius 3 is 2.39 bits per heavy atom. The summed E-state index contributed by atoms with van der Waals surface area (Å²) in [7, 11) is 1.71. The van der Waals surface area contributed by atoms with E-state index in [9.17, 15) is 4.79 Å². The van der Waals surface area contributed by atoms with E-state index >= 15 is 0 Å². The van der Waals surface area contributed by atoms with Crippen LogP contribution in [-0.4, -0.2) is 61.1 Å². The number of piperidine rings is 1. The lowest BCUT2D eigenvalue weighted by atomic mass is 10.0. The van der Waals surface area contributed by atoms with Crippen molar-refractivity contribution in [1.82, 2.24) is 15.5 Å². The first-order valence-corrected chi connectivity index (χ1v) is 8.20. The van der Waals surface area contributed by atoms with E-state index < -0.39 is 0 Å². The van der Waals surface area contributed by atoms with Gasteiger partial charge in [-0.15, -0.1) is 0 Å². The molecule has 2 N–H and O–H groups in total. The number of nitrogens with zero attached hydrogens (tertiary/aromatic N) is 1. The lowest BCUT2D eigenvalue weighted by molar-refractivity contribution is -0.122. The van der Waals surface area contributed by atoms with Crippen LogP contribution < -0.4 is 10.6 Å². The van der Waals surface area contributed by atoms with Crippen LogP contribution in [0.4, 0.5) is 0 Å². The Bertz CT molecular complexity index is 261. The van der Waals surface area contributed by atoms with Crippen LogP contribution in [0.2, 0.25) is 0 Å². The Balaban J connectivity index is 1.65. The third-order valence-electron chi connectivity index (χ3n) is 3.93. The van der Waals surface area contributed by atoms with Crippen molar-refractivity contribution >= 4 is 17.7 Å². The van der Waals surface area contributed by atoms with Gasteiger partial charge in [0.25, 0.3) is 0 Å². The van der Waals surface area contributed by atoms with Gasteiger partial charge in [-0.1, -0.05) is 0 Å². The minimum absolute atomic E-state index is 0.130. The number of hydrogen-bond donors (Lipinski definition) is 2. The standard InChI is InChI=1S/C13H25N3OS/c1-14-13(17)10-16-6-2-11(3-7-16)15-12-4-8-18-9-5-12/h11-12,15H,2-10H2,1H3,(H,14,17). The van der Waals surface area contributed by atoms with Crippen molar-refractivity contribution in [3.63, 3.8) is 0 Å². The highest BCUT2D eigenvalue weighted by Gasteiger charge is 2.23. The van der Waals surface area contributed by atoms with Crippen LogP contribution in [0.5, 0.6) is 0 Å². The molecule has 2 aliphatic rings. The number of amides is 1. The number of rotatable bonds is 4. The molecule has 2 fully saturated rings. The van der Waals surface area contributed by atoms with Crippen molar-refractivity contribution < 1.29 is 4.79 Å². The van der Waals surface area contributed by atoms with Gasteiger partial charge < -0.3 is 10.6 Å². The SMILES string of the molecule is CNC(=O)CN1CCC(NC2CCSCC2)CC1. The maximum absolute atomic E-state index is 11.3. The maximum Gasteiger partial charge on any atom is 0.233 e. The van der Waals surface area contributed by atoms with Gasteiger partial charge in [0.15, 0.2) is 0 Å². The van der Waals surface area contributed by atoms with Gasteiger partial charge in [0.05, 0.1) is 6.54 Å². The molecule has 0 aromatic rings. The summed E-state index contributed by atoms with van der Waals surface area (Å²) in [6, 6.07) is 1.40. The number of likely N-dealkylation sites (N-methyl/N-ethyl adjacent to an activating group) is 1. The van der Waals surface area contributed by atoms with Crippen molar-refractivity contribution in [3.8, 4) is 0 Å². The van der Waals surface area contributed by atoms with E-state index in [2.05, 4.69) is 27.3 Å². The van der Waals surface area contributed by atoms with Gasteiger partial charge in [-0.2, -0.15) is 11.8 Å². The molecule has 0 unspecified atom stereocenters. The smallest absolute Gasteiger partial charge is 0.233 e. The summed E-state index contributed by atoms with van der Waals surface area (Å²) in [5, 5.41) is 6.50. The minimum Gasteiger partial charge on any atom is -0.358 e. The molecular weight excluding hydrogens is 246 g/mol. The van der Waals surface area contributed by atoms with Crippen LogP contribution >= 0.6 is 11.8 Å². The molecule has 0 radical (unpaired) electrons. The molecule has 2 rings (SSSR count). The zero-order valence-electron chi connectivity index (χ0n) is 11.3. The molecule has 1 amide bonds. The Hall–Kier alpha value is -0.260. The van der Waals surface area contributed by atoms with Crippen molar-refractivity contribution in [1.29, 1.82) is 0 Å². The van der Waals surface area contributed by atoms with Crippen LogP contribution in [0.15, 0.2) is 0 Å². The summed E-state index contributed by atoms with van der Waals surface area (Å²) in [5.41, 5.74) is 0. The first-order chi connectivity index (χ1) is 8.78. The highest BCUT2D eigenvalue weighted by atomic mass is 32.2. The van der Waals surface area contributed by atoms with E-state index in [1.807, 2.05) is 0 Å². The van der Waals surface area contributed by atoms with Crippen LogP contribution in [-0.2, 0) is 4.79 Å². The normalized spacial score (nSPS) is 24.1. The van der Waals surface area contributed by atoms with Gasteiger partial charge >= 0.3 is 0 Å². The minimum atomic E-state index is 0.130. The molecule has 0 bridgehead atoms. The van der Waals surface area contributed by atoms with E-state index in [1.54, 1.807) is 7.05 Å². The molecule has 0 aliphatic carbocycles. The summed E-state index contributed by atoms with van der Waals surface area (Å²) in [6.07, 6.45) is 5.01. The molecule has 4 nitrogen and oxygen atoms in total. The largest absolute Gasteiger partial charge is 0.358 e. The van der Waals surface area contributed by atoms with Gasteiger partial charge in [0.2, 0.25) is 5.91 Å². The fourth-order valence-electron chi connectivity index (χ4n) is 2.74. The molecular formula is C13H25N3OS. The summed E-state index contributed by atoms with van der Waals surface area (Å²) >= 11 is 2.08. The summed E-state index contributed by atoms with van der Waals surface area (Å²) in [4.78, 5) is 13.6. The first kappa shape index (κ1) is 14.2. The third kappa shape index (κ3) is 4.44. The molecule has 0 aromatic carbocycles. The van der Waals surface area contributed by atoms with E-state index in [1.165, 1.54) is 37.2 Å². The predicted octanol–water partition coefficient (Wildman–Crippen LogP) is 0.682. The molecule has 0 aromatic heterocycles. The number of likely N-dealkylation sites (tertiary alicyclic amines) is 1.